The van der Waals surface area contributed by atoms with Crippen LogP contribution in [0, 0.1) is 0 Å². The minimum absolute atomic E-state index is 0.149. The Hall–Kier alpha value is -1.07. The van der Waals surface area contributed by atoms with Gasteiger partial charge in [0.15, 0.2) is 9.84 Å². The monoisotopic (exact) mass is 281 g/mol. The zero-order chi connectivity index (χ0) is 13.5. The van der Waals surface area contributed by atoms with Gasteiger partial charge >= 0.3 is 0 Å². The van der Waals surface area contributed by atoms with Gasteiger partial charge in [0.05, 0.1) is 15.7 Å². The number of benzene rings is 1. The van der Waals surface area contributed by atoms with Crippen molar-refractivity contribution in [3.63, 3.8) is 0 Å². The van der Waals surface area contributed by atoms with Crippen LogP contribution in [0.3, 0.4) is 0 Å². The number of hydrogen-bond donors (Lipinski definition) is 1. The van der Waals surface area contributed by atoms with E-state index in [0.717, 1.165) is 19.3 Å². The summed E-state index contributed by atoms with van der Waals surface area (Å²) >= 11 is 0. The van der Waals surface area contributed by atoms with E-state index in [9.17, 15) is 8.42 Å². The van der Waals surface area contributed by atoms with Gasteiger partial charge < -0.3 is 10.5 Å². The lowest BCUT2D eigenvalue weighted by Crippen LogP contribution is -2.49. The summed E-state index contributed by atoms with van der Waals surface area (Å²) in [6.45, 7) is 0.554. The smallest absolute Gasteiger partial charge is 0.181 e. The third-order valence-electron chi connectivity index (χ3n) is 4.36. The first-order valence-corrected chi connectivity index (χ1v) is 8.30. The Morgan fingerprint density at radius 2 is 1.89 bits per heavy atom. The van der Waals surface area contributed by atoms with Gasteiger partial charge in [-0.25, -0.2) is 8.42 Å². The lowest BCUT2D eigenvalue weighted by Gasteiger charge is -2.46. The fourth-order valence-electron chi connectivity index (χ4n) is 3.02. The molecule has 1 spiro atoms. The summed E-state index contributed by atoms with van der Waals surface area (Å²) in [6, 6.07) is 6.50. The van der Waals surface area contributed by atoms with E-state index in [4.69, 9.17) is 10.5 Å². The summed E-state index contributed by atoms with van der Waals surface area (Å²) in [4.78, 5) is 0.378. The lowest BCUT2D eigenvalue weighted by molar-refractivity contribution is -0.125. The van der Waals surface area contributed by atoms with Crippen LogP contribution in [0.4, 0.5) is 5.69 Å². The molecule has 5 heteroatoms. The maximum atomic E-state index is 12.6. The van der Waals surface area contributed by atoms with E-state index < -0.39 is 9.84 Å². The van der Waals surface area contributed by atoms with Gasteiger partial charge in [-0.2, -0.15) is 0 Å². The molecule has 1 heterocycles. The summed E-state index contributed by atoms with van der Waals surface area (Å²) < 4.78 is 31.1. The van der Waals surface area contributed by atoms with Crippen molar-refractivity contribution in [3.8, 4) is 0 Å². The minimum Gasteiger partial charge on any atom is -0.399 e. The van der Waals surface area contributed by atoms with Gasteiger partial charge in [0.25, 0.3) is 0 Å². The molecular formula is C14H19NO3S. The molecule has 1 saturated heterocycles. The molecule has 1 atom stereocenters. The Bertz CT molecular complexity index is 561. The zero-order valence-electron chi connectivity index (χ0n) is 10.8. The minimum atomic E-state index is -3.26. The highest BCUT2D eigenvalue weighted by molar-refractivity contribution is 7.92. The summed E-state index contributed by atoms with van der Waals surface area (Å²) in [5.41, 5.74) is 6.04. The third-order valence-corrected chi connectivity index (χ3v) is 6.57. The topological polar surface area (TPSA) is 69.4 Å². The summed E-state index contributed by atoms with van der Waals surface area (Å²) in [6.07, 6.45) is 4.38. The molecule has 0 aromatic heterocycles. The number of nitrogen functional groups attached to an aromatic ring is 1. The highest BCUT2D eigenvalue weighted by atomic mass is 32.2. The first kappa shape index (κ1) is 12.9. The largest absolute Gasteiger partial charge is 0.399 e. The van der Waals surface area contributed by atoms with Crippen molar-refractivity contribution in [3.05, 3.63) is 24.3 Å². The second-order valence-corrected chi connectivity index (χ2v) is 7.84. The maximum absolute atomic E-state index is 12.6. The number of sulfone groups is 1. The van der Waals surface area contributed by atoms with Crippen molar-refractivity contribution in [2.75, 3.05) is 12.3 Å². The van der Waals surface area contributed by atoms with Gasteiger partial charge in [-0.3, -0.25) is 0 Å². The highest BCUT2D eigenvalue weighted by Crippen LogP contribution is 2.44. The third kappa shape index (κ3) is 2.25. The van der Waals surface area contributed by atoms with Gasteiger partial charge in [0, 0.05) is 12.3 Å². The molecule has 1 unspecified atom stereocenters. The highest BCUT2D eigenvalue weighted by Gasteiger charge is 2.46. The molecule has 2 aliphatic rings. The molecular weight excluding hydrogens is 262 g/mol. The SMILES string of the molecule is Nc1ccc(S(=O)(=O)C2CCOC3(CCC3)C2)cc1. The second-order valence-electron chi connectivity index (χ2n) is 5.61. The van der Waals surface area contributed by atoms with Crippen LogP contribution in [0.2, 0.25) is 0 Å². The standard InChI is InChI=1S/C14H19NO3S/c15-11-2-4-12(5-3-11)19(16,17)13-6-9-18-14(10-13)7-1-8-14/h2-5,13H,1,6-10,15H2. The van der Waals surface area contributed by atoms with Crippen LogP contribution in [-0.4, -0.2) is 25.9 Å². The van der Waals surface area contributed by atoms with E-state index in [1.54, 1.807) is 24.3 Å². The van der Waals surface area contributed by atoms with Crippen molar-refractivity contribution >= 4 is 15.5 Å². The Kier molecular flexibility index (Phi) is 3.06. The van der Waals surface area contributed by atoms with Gasteiger partial charge in [-0.05, 0) is 56.4 Å². The molecule has 19 heavy (non-hydrogen) atoms. The first-order chi connectivity index (χ1) is 9.02. The molecule has 0 bridgehead atoms. The molecule has 1 aromatic rings. The molecule has 2 N–H and O–H groups in total. The molecule has 104 valence electrons. The molecule has 3 rings (SSSR count). The van der Waals surface area contributed by atoms with Crippen molar-refractivity contribution in [1.82, 2.24) is 0 Å². The molecule has 4 nitrogen and oxygen atoms in total. The van der Waals surface area contributed by atoms with Crippen molar-refractivity contribution < 1.29 is 13.2 Å². The van der Waals surface area contributed by atoms with Crippen LogP contribution in [-0.2, 0) is 14.6 Å². The van der Waals surface area contributed by atoms with Crippen molar-refractivity contribution in [1.29, 1.82) is 0 Å². The normalized spacial score (nSPS) is 26.0. The number of rotatable bonds is 2. The molecule has 1 aliphatic carbocycles. The van der Waals surface area contributed by atoms with Gasteiger partial charge in [0.2, 0.25) is 0 Å². The second kappa shape index (κ2) is 4.49. The van der Waals surface area contributed by atoms with E-state index in [2.05, 4.69) is 0 Å². The molecule has 1 saturated carbocycles. The van der Waals surface area contributed by atoms with Gasteiger partial charge in [-0.1, -0.05) is 0 Å². The Labute approximate surface area is 113 Å². The van der Waals surface area contributed by atoms with E-state index in [0.29, 0.717) is 30.0 Å². The molecule has 1 aromatic carbocycles. The van der Waals surface area contributed by atoms with Crippen LogP contribution in [0.1, 0.15) is 32.1 Å². The van der Waals surface area contributed by atoms with Crippen LogP contribution >= 0.6 is 0 Å². The van der Waals surface area contributed by atoms with E-state index in [1.807, 2.05) is 0 Å². The van der Waals surface area contributed by atoms with Gasteiger partial charge in [-0.15, -0.1) is 0 Å². The zero-order valence-corrected chi connectivity index (χ0v) is 11.7. The quantitative estimate of drug-likeness (QED) is 0.843. The predicted octanol–water partition coefficient (Wildman–Crippen LogP) is 2.14. The van der Waals surface area contributed by atoms with Crippen molar-refractivity contribution in [2.45, 2.75) is 47.9 Å². The first-order valence-electron chi connectivity index (χ1n) is 6.75. The number of anilines is 1. The maximum Gasteiger partial charge on any atom is 0.181 e. The number of nitrogens with two attached hydrogens (primary N) is 1. The van der Waals surface area contributed by atoms with Crippen LogP contribution in [0.25, 0.3) is 0 Å². The number of hydrogen-bond acceptors (Lipinski definition) is 4. The Morgan fingerprint density at radius 3 is 2.47 bits per heavy atom. The summed E-state index contributed by atoms with van der Waals surface area (Å²) in [7, 11) is -3.26. The van der Waals surface area contributed by atoms with Gasteiger partial charge in [0.1, 0.15) is 0 Å². The van der Waals surface area contributed by atoms with E-state index in [-0.39, 0.29) is 10.9 Å². The fourth-order valence-corrected chi connectivity index (χ4v) is 4.85. The lowest BCUT2D eigenvalue weighted by atomic mass is 9.75. The Morgan fingerprint density at radius 1 is 1.21 bits per heavy atom. The van der Waals surface area contributed by atoms with Crippen LogP contribution in [0.5, 0.6) is 0 Å². The summed E-state index contributed by atoms with van der Waals surface area (Å²) in [5, 5.41) is -0.315. The van der Waals surface area contributed by atoms with Crippen LogP contribution < -0.4 is 5.73 Å². The molecule has 0 radical (unpaired) electrons. The molecule has 1 aliphatic heterocycles. The van der Waals surface area contributed by atoms with Crippen molar-refractivity contribution in [2.24, 2.45) is 0 Å². The number of ether oxygens (including phenoxy) is 1. The van der Waals surface area contributed by atoms with E-state index >= 15 is 0 Å². The average molecular weight is 281 g/mol. The Balaban J connectivity index is 1.85. The predicted molar refractivity (Wildman–Crippen MR) is 73.6 cm³/mol. The van der Waals surface area contributed by atoms with E-state index in [1.165, 1.54) is 0 Å². The summed E-state index contributed by atoms with van der Waals surface area (Å²) in [5.74, 6) is 0. The molecule has 0 amide bonds. The van der Waals surface area contributed by atoms with Crippen LogP contribution in [0.15, 0.2) is 29.2 Å². The molecule has 2 fully saturated rings. The average Bonchev–Trinajstić information content (AvgIpc) is 2.37. The fraction of sp³-hybridized carbons (Fsp3) is 0.571.